The minimum atomic E-state index is -0.270. The fourth-order valence-electron chi connectivity index (χ4n) is 1.55. The van der Waals surface area contributed by atoms with Crippen LogP contribution in [0.1, 0.15) is 5.56 Å². The summed E-state index contributed by atoms with van der Waals surface area (Å²) in [5.74, 6) is 0.306. The molecule has 0 N–H and O–H groups in total. The van der Waals surface area contributed by atoms with Gasteiger partial charge in [-0.25, -0.2) is 4.39 Å². The molecule has 94 valence electrons. The summed E-state index contributed by atoms with van der Waals surface area (Å²) in [5.41, 5.74) is 1.06. The van der Waals surface area contributed by atoms with Gasteiger partial charge in [0.1, 0.15) is 12.4 Å². The van der Waals surface area contributed by atoms with Crippen molar-refractivity contribution in [1.29, 1.82) is 0 Å². The number of hydrogen-bond donors (Lipinski definition) is 0. The summed E-state index contributed by atoms with van der Waals surface area (Å²) in [6, 6.07) is 13.3. The van der Waals surface area contributed by atoms with Gasteiger partial charge in [0.25, 0.3) is 0 Å². The maximum Gasteiger partial charge on any atom is 0.154 e. The second-order valence-corrected chi connectivity index (χ2v) is 5.34. The fourth-order valence-corrected chi connectivity index (χ4v) is 2.63. The standard InChI is InChI=1S/C14H12BrFOS/c1-18-14-12(8-7-11(15)13(14)16)17-9-10-5-3-2-4-6-10/h2-8H,9H2,1H3. The zero-order valence-corrected chi connectivity index (χ0v) is 12.2. The molecule has 0 radical (unpaired) electrons. The lowest BCUT2D eigenvalue weighted by Crippen LogP contribution is -1.98. The number of thioether (sulfide) groups is 1. The van der Waals surface area contributed by atoms with Gasteiger partial charge in [-0.1, -0.05) is 30.3 Å². The number of halogens is 2. The summed E-state index contributed by atoms with van der Waals surface area (Å²) in [6.45, 7) is 0.440. The Labute approximate surface area is 118 Å². The first kappa shape index (κ1) is 13.4. The van der Waals surface area contributed by atoms with Crippen LogP contribution in [0.5, 0.6) is 5.75 Å². The van der Waals surface area contributed by atoms with E-state index in [9.17, 15) is 4.39 Å². The second-order valence-electron chi connectivity index (χ2n) is 3.67. The van der Waals surface area contributed by atoms with Crippen molar-refractivity contribution >= 4 is 27.7 Å². The number of ether oxygens (including phenoxy) is 1. The molecule has 0 saturated carbocycles. The number of rotatable bonds is 4. The van der Waals surface area contributed by atoms with Crippen molar-refractivity contribution in [3.63, 3.8) is 0 Å². The lowest BCUT2D eigenvalue weighted by atomic mass is 10.2. The van der Waals surface area contributed by atoms with Crippen LogP contribution in [0.25, 0.3) is 0 Å². The maximum absolute atomic E-state index is 13.8. The third-order valence-corrected chi connectivity index (χ3v) is 3.86. The number of hydrogen-bond acceptors (Lipinski definition) is 2. The average molecular weight is 327 g/mol. The molecule has 0 bridgehead atoms. The van der Waals surface area contributed by atoms with E-state index in [0.29, 0.717) is 21.7 Å². The van der Waals surface area contributed by atoms with Gasteiger partial charge in [0.05, 0.1) is 9.37 Å². The van der Waals surface area contributed by atoms with Crippen LogP contribution in [0.3, 0.4) is 0 Å². The van der Waals surface area contributed by atoms with Gasteiger partial charge in [-0.15, -0.1) is 11.8 Å². The number of benzene rings is 2. The van der Waals surface area contributed by atoms with Crippen molar-refractivity contribution in [3.05, 3.63) is 58.3 Å². The molecular formula is C14H12BrFOS. The molecular weight excluding hydrogens is 315 g/mol. The Balaban J connectivity index is 2.17. The van der Waals surface area contributed by atoms with E-state index in [4.69, 9.17) is 4.74 Å². The van der Waals surface area contributed by atoms with E-state index in [1.807, 2.05) is 36.6 Å². The summed E-state index contributed by atoms with van der Waals surface area (Å²) in [6.07, 6.45) is 1.83. The highest BCUT2D eigenvalue weighted by atomic mass is 79.9. The van der Waals surface area contributed by atoms with Crippen molar-refractivity contribution in [2.24, 2.45) is 0 Å². The van der Waals surface area contributed by atoms with Crippen molar-refractivity contribution in [1.82, 2.24) is 0 Å². The SMILES string of the molecule is CSc1c(OCc2ccccc2)ccc(Br)c1F. The highest BCUT2D eigenvalue weighted by molar-refractivity contribution is 9.10. The molecule has 4 heteroatoms. The molecule has 0 aliphatic heterocycles. The molecule has 0 spiro atoms. The van der Waals surface area contributed by atoms with E-state index in [0.717, 1.165) is 5.56 Å². The predicted octanol–water partition coefficient (Wildman–Crippen LogP) is 4.89. The van der Waals surface area contributed by atoms with Gasteiger partial charge >= 0.3 is 0 Å². The van der Waals surface area contributed by atoms with Crippen LogP contribution < -0.4 is 4.74 Å². The third kappa shape index (κ3) is 3.06. The highest BCUT2D eigenvalue weighted by Gasteiger charge is 2.12. The van der Waals surface area contributed by atoms with E-state index < -0.39 is 0 Å². The van der Waals surface area contributed by atoms with Gasteiger partial charge in [0, 0.05) is 0 Å². The van der Waals surface area contributed by atoms with Gasteiger partial charge in [-0.2, -0.15) is 0 Å². The summed E-state index contributed by atoms with van der Waals surface area (Å²) < 4.78 is 20.0. The zero-order valence-electron chi connectivity index (χ0n) is 9.82. The molecule has 0 amide bonds. The highest BCUT2D eigenvalue weighted by Crippen LogP contribution is 2.34. The fraction of sp³-hybridized carbons (Fsp3) is 0.143. The molecule has 0 unspecified atom stereocenters. The third-order valence-electron chi connectivity index (χ3n) is 2.46. The Morgan fingerprint density at radius 3 is 2.56 bits per heavy atom. The van der Waals surface area contributed by atoms with Gasteiger partial charge < -0.3 is 4.74 Å². The Bertz CT molecular complexity index is 531. The topological polar surface area (TPSA) is 9.23 Å². The Kier molecular flexibility index (Phi) is 4.66. The first-order valence-electron chi connectivity index (χ1n) is 5.41. The second kappa shape index (κ2) is 6.25. The molecule has 0 aliphatic rings. The van der Waals surface area contributed by atoms with Crippen LogP contribution in [0.2, 0.25) is 0 Å². The van der Waals surface area contributed by atoms with Crippen LogP contribution in [0, 0.1) is 5.82 Å². The molecule has 2 aromatic carbocycles. The van der Waals surface area contributed by atoms with Gasteiger partial charge in [0.2, 0.25) is 0 Å². The van der Waals surface area contributed by atoms with Crippen LogP contribution in [-0.2, 0) is 6.61 Å². The Morgan fingerprint density at radius 2 is 1.89 bits per heavy atom. The monoisotopic (exact) mass is 326 g/mol. The molecule has 18 heavy (non-hydrogen) atoms. The van der Waals surface area contributed by atoms with Gasteiger partial charge in [-0.3, -0.25) is 0 Å². The Morgan fingerprint density at radius 1 is 1.17 bits per heavy atom. The van der Waals surface area contributed by atoms with Gasteiger partial charge in [0.15, 0.2) is 5.82 Å². The minimum Gasteiger partial charge on any atom is -0.488 e. The van der Waals surface area contributed by atoms with Crippen LogP contribution in [0.15, 0.2) is 51.8 Å². The molecule has 0 saturated heterocycles. The summed E-state index contributed by atoms with van der Waals surface area (Å²) >= 11 is 4.51. The molecule has 2 aromatic rings. The molecule has 0 fully saturated rings. The van der Waals surface area contributed by atoms with Crippen molar-refractivity contribution in [2.75, 3.05) is 6.26 Å². The van der Waals surface area contributed by atoms with E-state index in [2.05, 4.69) is 15.9 Å². The lowest BCUT2D eigenvalue weighted by Gasteiger charge is -2.11. The molecule has 1 nitrogen and oxygen atoms in total. The molecule has 2 rings (SSSR count). The molecule has 0 aliphatic carbocycles. The summed E-state index contributed by atoms with van der Waals surface area (Å²) in [4.78, 5) is 0.528. The lowest BCUT2D eigenvalue weighted by molar-refractivity contribution is 0.295. The van der Waals surface area contributed by atoms with Gasteiger partial charge in [-0.05, 0) is 39.9 Å². The summed E-state index contributed by atoms with van der Waals surface area (Å²) in [7, 11) is 0. The smallest absolute Gasteiger partial charge is 0.154 e. The predicted molar refractivity (Wildman–Crippen MR) is 76.7 cm³/mol. The first-order valence-corrected chi connectivity index (χ1v) is 7.43. The largest absolute Gasteiger partial charge is 0.488 e. The van der Waals surface area contributed by atoms with Crippen molar-refractivity contribution in [2.45, 2.75) is 11.5 Å². The van der Waals surface area contributed by atoms with E-state index in [1.165, 1.54) is 11.8 Å². The van der Waals surface area contributed by atoms with Crippen LogP contribution in [0.4, 0.5) is 4.39 Å². The maximum atomic E-state index is 13.8. The zero-order chi connectivity index (χ0) is 13.0. The first-order chi connectivity index (χ1) is 8.72. The quantitative estimate of drug-likeness (QED) is 0.740. The Hall–Kier alpha value is -1.000. The van der Waals surface area contributed by atoms with E-state index in [-0.39, 0.29) is 5.82 Å². The van der Waals surface area contributed by atoms with Crippen molar-refractivity contribution in [3.8, 4) is 5.75 Å². The molecule has 0 atom stereocenters. The van der Waals surface area contributed by atoms with E-state index in [1.54, 1.807) is 12.1 Å². The van der Waals surface area contributed by atoms with E-state index >= 15 is 0 Å². The van der Waals surface area contributed by atoms with Crippen LogP contribution in [-0.4, -0.2) is 6.26 Å². The van der Waals surface area contributed by atoms with Crippen molar-refractivity contribution < 1.29 is 9.13 Å². The minimum absolute atomic E-state index is 0.270. The average Bonchev–Trinajstić information content (AvgIpc) is 2.41. The molecule has 0 heterocycles. The normalized spacial score (nSPS) is 10.4. The molecule has 0 aromatic heterocycles. The summed E-state index contributed by atoms with van der Waals surface area (Å²) in [5, 5.41) is 0. The van der Waals surface area contributed by atoms with Crippen LogP contribution >= 0.6 is 27.7 Å².